The number of ether oxygens (including phenoxy) is 5. The van der Waals surface area contributed by atoms with E-state index in [4.69, 9.17) is 23.7 Å². The predicted octanol–water partition coefficient (Wildman–Crippen LogP) is 2.42. The third-order valence-electron chi connectivity index (χ3n) is 3.81. The van der Waals surface area contributed by atoms with Gasteiger partial charge < -0.3 is 29.0 Å². The first-order chi connectivity index (χ1) is 13.7. The quantitative estimate of drug-likeness (QED) is 0.730. The number of rotatable bonds is 7. The lowest BCUT2D eigenvalue weighted by Crippen LogP contribution is -2.23. The summed E-state index contributed by atoms with van der Waals surface area (Å²) in [5.74, 6) is 0.980. The number of hydrogen-bond donors (Lipinski definition) is 1. The number of methoxy groups -OCH3 is 1. The van der Waals surface area contributed by atoms with Gasteiger partial charge in [0.1, 0.15) is 0 Å². The molecule has 8 heteroatoms. The number of nitrogens with one attached hydrogen (secondary N) is 1. The third-order valence-corrected chi connectivity index (χ3v) is 3.81. The summed E-state index contributed by atoms with van der Waals surface area (Å²) in [6, 6.07) is 12.0. The second-order valence-corrected chi connectivity index (χ2v) is 5.86. The van der Waals surface area contributed by atoms with Crippen LogP contribution in [0, 0.1) is 0 Å². The molecule has 2 aromatic carbocycles. The molecule has 0 aromatic heterocycles. The van der Waals surface area contributed by atoms with Crippen molar-refractivity contribution in [3.8, 4) is 23.0 Å². The predicted molar refractivity (Wildman–Crippen MR) is 100 cm³/mol. The molecule has 0 saturated carbocycles. The molecule has 3 rings (SSSR count). The molecule has 8 nitrogen and oxygen atoms in total. The van der Waals surface area contributed by atoms with Crippen LogP contribution in [0.15, 0.2) is 42.5 Å². The van der Waals surface area contributed by atoms with Crippen molar-refractivity contribution in [2.45, 2.75) is 6.42 Å². The molecule has 0 radical (unpaired) electrons. The number of amides is 1. The van der Waals surface area contributed by atoms with E-state index in [9.17, 15) is 9.59 Å². The first-order valence-electron chi connectivity index (χ1n) is 8.76. The zero-order chi connectivity index (χ0) is 19.8. The maximum Gasteiger partial charge on any atom is 0.344 e. The molecule has 1 amide bonds. The lowest BCUT2D eigenvalue weighted by atomic mass is 10.2. The highest BCUT2D eigenvalue weighted by Crippen LogP contribution is 2.32. The van der Waals surface area contributed by atoms with E-state index in [0.717, 1.165) is 6.42 Å². The Morgan fingerprint density at radius 2 is 1.75 bits per heavy atom. The molecular formula is C20H21NO7. The average Bonchev–Trinajstić information content (AvgIpc) is 2.96. The van der Waals surface area contributed by atoms with E-state index in [2.05, 4.69) is 5.32 Å². The number of hydrogen-bond acceptors (Lipinski definition) is 7. The maximum atomic E-state index is 12.0. The van der Waals surface area contributed by atoms with Gasteiger partial charge in [0.05, 0.1) is 20.3 Å². The topological polar surface area (TPSA) is 92.3 Å². The van der Waals surface area contributed by atoms with Gasteiger partial charge in [0.15, 0.2) is 36.2 Å². The molecular weight excluding hydrogens is 366 g/mol. The second kappa shape index (κ2) is 9.50. The molecule has 0 bridgehead atoms. The van der Waals surface area contributed by atoms with Crippen LogP contribution >= 0.6 is 0 Å². The Kier molecular flexibility index (Phi) is 6.56. The van der Waals surface area contributed by atoms with Gasteiger partial charge in [0.25, 0.3) is 5.91 Å². The molecule has 0 fully saturated rings. The van der Waals surface area contributed by atoms with E-state index in [1.165, 1.54) is 7.11 Å². The standard InChI is InChI=1S/C20H21NO7/c1-24-15-5-2-3-6-16(15)27-13-20(23)28-12-19(22)21-14-7-8-17-18(11-14)26-10-4-9-25-17/h2-3,5-8,11H,4,9-10,12-13H2,1H3,(H,21,22). The monoisotopic (exact) mass is 387 g/mol. The lowest BCUT2D eigenvalue weighted by molar-refractivity contribution is -0.149. The summed E-state index contributed by atoms with van der Waals surface area (Å²) in [6.45, 7) is 0.375. The van der Waals surface area contributed by atoms with Crippen LogP contribution < -0.4 is 24.3 Å². The van der Waals surface area contributed by atoms with E-state index in [-0.39, 0.29) is 6.61 Å². The number of para-hydroxylation sites is 2. The summed E-state index contributed by atoms with van der Waals surface area (Å²) in [4.78, 5) is 23.8. The number of fused-ring (bicyclic) bond motifs is 1. The highest BCUT2D eigenvalue weighted by Gasteiger charge is 2.13. The summed E-state index contributed by atoms with van der Waals surface area (Å²) in [6.07, 6.45) is 0.795. The third kappa shape index (κ3) is 5.29. The van der Waals surface area contributed by atoms with Gasteiger partial charge in [0.2, 0.25) is 0 Å². The Balaban J connectivity index is 1.45. The molecule has 0 aliphatic carbocycles. The first-order valence-corrected chi connectivity index (χ1v) is 8.76. The van der Waals surface area contributed by atoms with Crippen LogP contribution in [0.4, 0.5) is 5.69 Å². The van der Waals surface area contributed by atoms with E-state index in [1.54, 1.807) is 42.5 Å². The fourth-order valence-corrected chi connectivity index (χ4v) is 2.50. The molecule has 1 aliphatic rings. The van der Waals surface area contributed by atoms with Crippen molar-refractivity contribution in [1.82, 2.24) is 0 Å². The fourth-order valence-electron chi connectivity index (χ4n) is 2.50. The molecule has 0 atom stereocenters. The van der Waals surface area contributed by atoms with Crippen LogP contribution in [0.5, 0.6) is 23.0 Å². The van der Waals surface area contributed by atoms with Gasteiger partial charge in [0, 0.05) is 18.2 Å². The zero-order valence-electron chi connectivity index (χ0n) is 15.4. The Bertz CT molecular complexity index is 837. The smallest absolute Gasteiger partial charge is 0.344 e. The molecule has 2 aromatic rings. The molecule has 1 N–H and O–H groups in total. The van der Waals surface area contributed by atoms with Gasteiger partial charge in [-0.2, -0.15) is 0 Å². The largest absolute Gasteiger partial charge is 0.493 e. The summed E-state index contributed by atoms with van der Waals surface area (Å²) < 4.78 is 26.5. The van der Waals surface area contributed by atoms with Gasteiger partial charge >= 0.3 is 5.97 Å². The van der Waals surface area contributed by atoms with Gasteiger partial charge in [-0.1, -0.05) is 12.1 Å². The molecule has 148 valence electrons. The summed E-state index contributed by atoms with van der Waals surface area (Å²) in [5, 5.41) is 2.65. The lowest BCUT2D eigenvalue weighted by Gasteiger charge is -2.11. The van der Waals surface area contributed by atoms with Crippen LogP contribution in [0.2, 0.25) is 0 Å². The number of esters is 1. The molecule has 0 spiro atoms. The molecule has 1 aliphatic heterocycles. The Hall–Kier alpha value is -3.42. The Morgan fingerprint density at radius 1 is 1.00 bits per heavy atom. The van der Waals surface area contributed by atoms with E-state index in [1.807, 2.05) is 0 Å². The van der Waals surface area contributed by atoms with E-state index >= 15 is 0 Å². The second-order valence-electron chi connectivity index (χ2n) is 5.86. The van der Waals surface area contributed by atoms with Crippen LogP contribution in [0.25, 0.3) is 0 Å². The van der Waals surface area contributed by atoms with Crippen molar-refractivity contribution in [2.75, 3.05) is 38.9 Å². The molecule has 28 heavy (non-hydrogen) atoms. The number of carbonyl (C=O) groups is 2. The van der Waals surface area contributed by atoms with Crippen LogP contribution in [-0.2, 0) is 14.3 Å². The van der Waals surface area contributed by atoms with Gasteiger partial charge in [-0.3, -0.25) is 4.79 Å². The number of benzene rings is 2. The molecule has 0 unspecified atom stereocenters. The average molecular weight is 387 g/mol. The van der Waals surface area contributed by atoms with Crippen molar-refractivity contribution in [3.05, 3.63) is 42.5 Å². The van der Waals surface area contributed by atoms with Crippen molar-refractivity contribution in [2.24, 2.45) is 0 Å². The van der Waals surface area contributed by atoms with E-state index in [0.29, 0.717) is 41.9 Å². The fraction of sp³-hybridized carbons (Fsp3) is 0.300. The summed E-state index contributed by atoms with van der Waals surface area (Å²) in [5.41, 5.74) is 0.524. The van der Waals surface area contributed by atoms with Crippen molar-refractivity contribution >= 4 is 17.6 Å². The van der Waals surface area contributed by atoms with Gasteiger partial charge in [-0.15, -0.1) is 0 Å². The van der Waals surface area contributed by atoms with Gasteiger partial charge in [-0.05, 0) is 24.3 Å². The minimum Gasteiger partial charge on any atom is -0.493 e. The van der Waals surface area contributed by atoms with Gasteiger partial charge in [-0.25, -0.2) is 4.79 Å². The Morgan fingerprint density at radius 3 is 2.54 bits per heavy atom. The van der Waals surface area contributed by atoms with Crippen LogP contribution in [-0.4, -0.2) is 45.4 Å². The first kappa shape index (κ1) is 19.3. The van der Waals surface area contributed by atoms with Crippen molar-refractivity contribution < 1.29 is 33.3 Å². The van der Waals surface area contributed by atoms with Crippen LogP contribution in [0.1, 0.15) is 6.42 Å². The Labute approximate surface area is 162 Å². The minimum atomic E-state index is -0.667. The normalized spacial score (nSPS) is 12.5. The SMILES string of the molecule is COc1ccccc1OCC(=O)OCC(=O)Nc1ccc2c(c1)OCCCO2. The highest BCUT2D eigenvalue weighted by molar-refractivity contribution is 5.93. The molecule has 0 saturated heterocycles. The molecule has 1 heterocycles. The van der Waals surface area contributed by atoms with Crippen molar-refractivity contribution in [1.29, 1.82) is 0 Å². The van der Waals surface area contributed by atoms with Crippen molar-refractivity contribution in [3.63, 3.8) is 0 Å². The van der Waals surface area contributed by atoms with E-state index < -0.39 is 18.5 Å². The summed E-state index contributed by atoms with van der Waals surface area (Å²) in [7, 11) is 1.50. The highest BCUT2D eigenvalue weighted by atomic mass is 16.6. The minimum absolute atomic E-state index is 0.336. The maximum absolute atomic E-state index is 12.0. The number of anilines is 1. The zero-order valence-corrected chi connectivity index (χ0v) is 15.4. The number of carbonyl (C=O) groups excluding carboxylic acids is 2. The summed E-state index contributed by atoms with van der Waals surface area (Å²) >= 11 is 0. The van der Waals surface area contributed by atoms with Crippen LogP contribution in [0.3, 0.4) is 0 Å².